The zero-order chi connectivity index (χ0) is 15.0. The third-order valence-corrected chi connectivity index (χ3v) is 3.96. The van der Waals surface area contributed by atoms with Gasteiger partial charge in [-0.3, -0.25) is 4.68 Å². The van der Waals surface area contributed by atoms with E-state index in [9.17, 15) is 0 Å². The first-order valence-electron chi connectivity index (χ1n) is 6.87. The first kappa shape index (κ1) is 14.1. The Morgan fingerprint density at radius 3 is 2.71 bits per heavy atom. The van der Waals surface area contributed by atoms with Gasteiger partial charge in [0.2, 0.25) is 0 Å². The number of hydrogen-bond acceptors (Lipinski definition) is 3. The summed E-state index contributed by atoms with van der Waals surface area (Å²) in [7, 11) is 1.97. The first-order chi connectivity index (χ1) is 10.0. The molecule has 0 saturated carbocycles. The summed E-state index contributed by atoms with van der Waals surface area (Å²) >= 11 is 5.98. The SMILES string of the molecule is Cc1nn(C)c(C)c1CNCc1cn2cc(Cl)ccc2n1. The molecule has 0 radical (unpaired) electrons. The molecule has 21 heavy (non-hydrogen) atoms. The molecule has 5 nitrogen and oxygen atoms in total. The van der Waals surface area contributed by atoms with Crippen LogP contribution in [-0.2, 0) is 20.1 Å². The van der Waals surface area contributed by atoms with Crippen molar-refractivity contribution in [2.24, 2.45) is 7.05 Å². The van der Waals surface area contributed by atoms with Crippen molar-refractivity contribution in [2.75, 3.05) is 0 Å². The zero-order valence-electron chi connectivity index (χ0n) is 12.4. The predicted octanol–water partition coefficient (Wildman–Crippen LogP) is 2.63. The van der Waals surface area contributed by atoms with Crippen LogP contribution in [0.25, 0.3) is 5.65 Å². The molecule has 3 heterocycles. The van der Waals surface area contributed by atoms with Crippen molar-refractivity contribution in [2.45, 2.75) is 26.9 Å². The van der Waals surface area contributed by atoms with Crippen LogP contribution in [0.1, 0.15) is 22.6 Å². The van der Waals surface area contributed by atoms with Crippen molar-refractivity contribution in [3.05, 3.63) is 52.2 Å². The molecule has 0 aliphatic heterocycles. The van der Waals surface area contributed by atoms with Crippen LogP contribution in [0.4, 0.5) is 0 Å². The van der Waals surface area contributed by atoms with Crippen LogP contribution >= 0.6 is 11.6 Å². The highest BCUT2D eigenvalue weighted by molar-refractivity contribution is 6.30. The second kappa shape index (κ2) is 5.50. The fraction of sp³-hybridized carbons (Fsp3) is 0.333. The number of aryl methyl sites for hydroxylation is 2. The van der Waals surface area contributed by atoms with Crippen LogP contribution in [0.15, 0.2) is 24.5 Å². The van der Waals surface area contributed by atoms with Crippen LogP contribution in [0.5, 0.6) is 0 Å². The van der Waals surface area contributed by atoms with Gasteiger partial charge in [-0.15, -0.1) is 0 Å². The summed E-state index contributed by atoms with van der Waals surface area (Å²) < 4.78 is 3.86. The fourth-order valence-electron chi connectivity index (χ4n) is 2.49. The lowest BCUT2D eigenvalue weighted by Crippen LogP contribution is -2.14. The van der Waals surface area contributed by atoms with Gasteiger partial charge in [-0.2, -0.15) is 5.10 Å². The molecule has 0 aliphatic carbocycles. The van der Waals surface area contributed by atoms with Gasteiger partial charge >= 0.3 is 0 Å². The molecule has 3 aromatic rings. The smallest absolute Gasteiger partial charge is 0.137 e. The molecule has 0 atom stereocenters. The van der Waals surface area contributed by atoms with E-state index in [0.717, 1.165) is 23.6 Å². The summed E-state index contributed by atoms with van der Waals surface area (Å²) in [6.07, 6.45) is 3.86. The van der Waals surface area contributed by atoms with Gasteiger partial charge < -0.3 is 9.72 Å². The van der Waals surface area contributed by atoms with Gasteiger partial charge in [-0.05, 0) is 26.0 Å². The maximum atomic E-state index is 5.98. The summed E-state index contributed by atoms with van der Waals surface area (Å²) in [5, 5.41) is 8.56. The number of fused-ring (bicyclic) bond motifs is 1. The van der Waals surface area contributed by atoms with E-state index < -0.39 is 0 Å². The van der Waals surface area contributed by atoms with Crippen LogP contribution in [0.2, 0.25) is 5.02 Å². The molecular formula is C15H18ClN5. The minimum Gasteiger partial charge on any atom is -0.307 e. The average molecular weight is 304 g/mol. The minimum absolute atomic E-state index is 0.709. The number of pyridine rings is 1. The Morgan fingerprint density at radius 1 is 1.19 bits per heavy atom. The number of imidazole rings is 1. The van der Waals surface area contributed by atoms with Gasteiger partial charge in [-0.1, -0.05) is 11.6 Å². The molecule has 0 saturated heterocycles. The molecule has 110 valence electrons. The lowest BCUT2D eigenvalue weighted by molar-refractivity contribution is 0.675. The highest BCUT2D eigenvalue weighted by Crippen LogP contribution is 2.13. The van der Waals surface area contributed by atoms with Crippen LogP contribution in [0.3, 0.4) is 0 Å². The van der Waals surface area contributed by atoms with Crippen LogP contribution in [0, 0.1) is 13.8 Å². The van der Waals surface area contributed by atoms with Crippen molar-refractivity contribution in [1.29, 1.82) is 0 Å². The predicted molar refractivity (Wildman–Crippen MR) is 83.4 cm³/mol. The van der Waals surface area contributed by atoms with Crippen LogP contribution < -0.4 is 5.32 Å². The van der Waals surface area contributed by atoms with Gasteiger partial charge in [0.05, 0.1) is 16.4 Å². The van der Waals surface area contributed by atoms with Gasteiger partial charge in [0.1, 0.15) is 5.65 Å². The molecule has 3 aromatic heterocycles. The summed E-state index contributed by atoms with van der Waals surface area (Å²) in [5.74, 6) is 0. The van der Waals surface area contributed by atoms with E-state index in [1.807, 2.05) is 47.6 Å². The summed E-state index contributed by atoms with van der Waals surface area (Å²) in [5.41, 5.74) is 5.43. The zero-order valence-corrected chi connectivity index (χ0v) is 13.1. The Hall–Kier alpha value is -1.85. The Morgan fingerprint density at radius 2 is 2.00 bits per heavy atom. The number of hydrogen-bond donors (Lipinski definition) is 1. The first-order valence-corrected chi connectivity index (χ1v) is 7.25. The van der Waals surface area contributed by atoms with E-state index in [1.165, 1.54) is 11.3 Å². The topological polar surface area (TPSA) is 47.2 Å². The van der Waals surface area contributed by atoms with Crippen molar-refractivity contribution < 1.29 is 0 Å². The third-order valence-electron chi connectivity index (χ3n) is 3.73. The molecule has 0 aromatic carbocycles. The summed E-state index contributed by atoms with van der Waals surface area (Å²) in [6.45, 7) is 5.63. The molecule has 0 unspecified atom stereocenters. The standard InChI is InChI=1S/C15H18ClN5/c1-10-14(11(2)20(3)19-10)7-17-6-13-9-21-8-12(16)4-5-15(21)18-13/h4-5,8-9,17H,6-7H2,1-3H3. The maximum absolute atomic E-state index is 5.98. The molecule has 1 N–H and O–H groups in total. The monoisotopic (exact) mass is 303 g/mol. The summed E-state index contributed by atoms with van der Waals surface area (Å²) in [6, 6.07) is 3.77. The highest BCUT2D eigenvalue weighted by atomic mass is 35.5. The number of aromatic nitrogens is 4. The minimum atomic E-state index is 0.709. The van der Waals surface area contributed by atoms with Crippen molar-refractivity contribution in [3.63, 3.8) is 0 Å². The number of halogens is 1. The van der Waals surface area contributed by atoms with Crippen molar-refractivity contribution in [3.8, 4) is 0 Å². The van der Waals surface area contributed by atoms with E-state index in [-0.39, 0.29) is 0 Å². The molecule has 0 fully saturated rings. The second-order valence-electron chi connectivity index (χ2n) is 5.22. The van der Waals surface area contributed by atoms with Gasteiger partial charge in [0, 0.05) is 43.8 Å². The van der Waals surface area contributed by atoms with E-state index in [2.05, 4.69) is 22.3 Å². The van der Waals surface area contributed by atoms with Crippen molar-refractivity contribution in [1.82, 2.24) is 24.5 Å². The van der Waals surface area contributed by atoms with Crippen LogP contribution in [-0.4, -0.2) is 19.2 Å². The third kappa shape index (κ3) is 2.80. The van der Waals surface area contributed by atoms with Gasteiger partial charge in [0.25, 0.3) is 0 Å². The van der Waals surface area contributed by atoms with Gasteiger partial charge in [-0.25, -0.2) is 4.98 Å². The van der Waals surface area contributed by atoms with E-state index >= 15 is 0 Å². The van der Waals surface area contributed by atoms with E-state index in [0.29, 0.717) is 11.6 Å². The van der Waals surface area contributed by atoms with E-state index in [4.69, 9.17) is 11.6 Å². The normalized spacial score (nSPS) is 11.4. The number of nitrogens with zero attached hydrogens (tertiary/aromatic N) is 4. The average Bonchev–Trinajstić information content (AvgIpc) is 2.93. The highest BCUT2D eigenvalue weighted by Gasteiger charge is 2.09. The number of rotatable bonds is 4. The fourth-order valence-corrected chi connectivity index (χ4v) is 2.66. The summed E-state index contributed by atoms with van der Waals surface area (Å²) in [4.78, 5) is 4.56. The molecule has 6 heteroatoms. The lowest BCUT2D eigenvalue weighted by atomic mass is 10.2. The molecule has 0 amide bonds. The largest absolute Gasteiger partial charge is 0.307 e. The molecule has 0 bridgehead atoms. The van der Waals surface area contributed by atoms with Gasteiger partial charge in [0.15, 0.2) is 0 Å². The molecule has 0 aliphatic rings. The second-order valence-corrected chi connectivity index (χ2v) is 5.66. The molecule has 0 spiro atoms. The Labute approximate surface area is 128 Å². The maximum Gasteiger partial charge on any atom is 0.137 e. The Kier molecular flexibility index (Phi) is 3.69. The van der Waals surface area contributed by atoms with E-state index in [1.54, 1.807) is 0 Å². The molecular weight excluding hydrogens is 286 g/mol. The van der Waals surface area contributed by atoms with Crippen molar-refractivity contribution >= 4 is 17.2 Å². The molecule has 3 rings (SSSR count). The Balaban J connectivity index is 1.69. The quantitative estimate of drug-likeness (QED) is 0.806. The number of nitrogens with one attached hydrogen (secondary N) is 1. The Bertz CT molecular complexity index is 787. The lowest BCUT2D eigenvalue weighted by Gasteiger charge is -2.03.